The molecule has 1 rings (SSSR count). The lowest BCUT2D eigenvalue weighted by Crippen LogP contribution is -2.22. The van der Waals surface area contributed by atoms with Gasteiger partial charge in [-0.1, -0.05) is 6.92 Å². The van der Waals surface area contributed by atoms with E-state index in [-0.39, 0.29) is 0 Å². The predicted octanol–water partition coefficient (Wildman–Crippen LogP) is 1.62. The van der Waals surface area contributed by atoms with Crippen molar-refractivity contribution in [3.63, 3.8) is 0 Å². The maximum atomic E-state index is 5.34. The first-order valence-corrected chi connectivity index (χ1v) is 6.66. The minimum atomic E-state index is 0.426. The number of thioether (sulfide) groups is 1. The number of aryl methyl sites for hydroxylation is 1. The molecular weight excluding hydrogens is 222 g/mol. The quantitative estimate of drug-likeness (QED) is 0.519. The summed E-state index contributed by atoms with van der Waals surface area (Å²) >= 11 is 1.82. The van der Waals surface area contributed by atoms with Crippen molar-refractivity contribution in [2.24, 2.45) is 5.84 Å². The molecule has 0 radical (unpaired) electrons. The second-order valence-corrected chi connectivity index (χ2v) is 4.45. The molecule has 0 aliphatic carbocycles. The summed E-state index contributed by atoms with van der Waals surface area (Å²) in [5.74, 6) is 8.56. The van der Waals surface area contributed by atoms with Gasteiger partial charge in [0.1, 0.15) is 17.5 Å². The van der Waals surface area contributed by atoms with Crippen LogP contribution < -0.4 is 16.6 Å². The Bertz CT molecular complexity index is 331. The van der Waals surface area contributed by atoms with Gasteiger partial charge in [0.25, 0.3) is 0 Å². The van der Waals surface area contributed by atoms with Crippen LogP contribution in [-0.4, -0.2) is 28.0 Å². The van der Waals surface area contributed by atoms with Crippen molar-refractivity contribution in [2.45, 2.75) is 26.3 Å². The van der Waals surface area contributed by atoms with Crippen LogP contribution in [0.25, 0.3) is 0 Å². The number of hydrogen-bond donors (Lipinski definition) is 3. The van der Waals surface area contributed by atoms with E-state index in [1.165, 1.54) is 0 Å². The van der Waals surface area contributed by atoms with Crippen molar-refractivity contribution >= 4 is 23.4 Å². The molecule has 5 nitrogen and oxygen atoms in total. The summed E-state index contributed by atoms with van der Waals surface area (Å²) in [6.07, 6.45) is 3.16. The Labute approximate surface area is 101 Å². The van der Waals surface area contributed by atoms with Gasteiger partial charge in [0.15, 0.2) is 0 Å². The van der Waals surface area contributed by atoms with E-state index in [9.17, 15) is 0 Å². The highest BCUT2D eigenvalue weighted by Gasteiger charge is 2.07. The van der Waals surface area contributed by atoms with E-state index in [2.05, 4.69) is 33.9 Å². The maximum Gasteiger partial charge on any atom is 0.145 e. The third-order valence-corrected chi connectivity index (χ3v) is 2.93. The van der Waals surface area contributed by atoms with Crippen LogP contribution in [0.15, 0.2) is 6.07 Å². The molecule has 0 aromatic carbocycles. The topological polar surface area (TPSA) is 75.9 Å². The van der Waals surface area contributed by atoms with Crippen molar-refractivity contribution in [1.82, 2.24) is 9.97 Å². The lowest BCUT2D eigenvalue weighted by atomic mass is 10.2. The molecule has 0 aliphatic heterocycles. The number of anilines is 2. The minimum Gasteiger partial charge on any atom is -0.366 e. The smallest absolute Gasteiger partial charge is 0.145 e. The Morgan fingerprint density at radius 2 is 2.12 bits per heavy atom. The second-order valence-electron chi connectivity index (χ2n) is 3.53. The summed E-state index contributed by atoms with van der Waals surface area (Å²) in [5.41, 5.74) is 2.54. The van der Waals surface area contributed by atoms with Gasteiger partial charge in [0.2, 0.25) is 0 Å². The molecule has 0 saturated heterocycles. The highest BCUT2D eigenvalue weighted by molar-refractivity contribution is 7.98. The fraction of sp³-hybridized carbons (Fsp3) is 0.600. The summed E-state index contributed by atoms with van der Waals surface area (Å²) in [4.78, 5) is 8.46. The van der Waals surface area contributed by atoms with Gasteiger partial charge in [-0.15, -0.1) is 0 Å². The Hall–Kier alpha value is -1.01. The Balaban J connectivity index is 2.74. The fourth-order valence-corrected chi connectivity index (χ4v) is 2.11. The first-order chi connectivity index (χ1) is 7.69. The zero-order chi connectivity index (χ0) is 12.0. The van der Waals surface area contributed by atoms with Crippen LogP contribution in [0.2, 0.25) is 0 Å². The zero-order valence-corrected chi connectivity index (χ0v) is 10.8. The van der Waals surface area contributed by atoms with E-state index in [4.69, 9.17) is 5.84 Å². The average Bonchev–Trinajstić information content (AvgIpc) is 2.27. The Kier molecular flexibility index (Phi) is 5.34. The van der Waals surface area contributed by atoms with E-state index in [1.807, 2.05) is 24.8 Å². The number of aromatic nitrogens is 2. The maximum absolute atomic E-state index is 5.34. The minimum absolute atomic E-state index is 0.426. The number of nitrogen functional groups attached to an aromatic ring is 1. The number of rotatable bonds is 6. The molecule has 0 saturated carbocycles. The molecule has 1 aromatic rings. The number of nitrogens with two attached hydrogens (primary N) is 1. The van der Waals surface area contributed by atoms with Gasteiger partial charge in [-0.05, 0) is 19.6 Å². The van der Waals surface area contributed by atoms with Crippen molar-refractivity contribution in [3.05, 3.63) is 11.9 Å². The highest BCUT2D eigenvalue weighted by atomic mass is 32.2. The third kappa shape index (κ3) is 3.86. The number of hydrazine groups is 1. The van der Waals surface area contributed by atoms with Crippen molar-refractivity contribution in [3.8, 4) is 0 Å². The predicted molar refractivity (Wildman–Crippen MR) is 70.7 cm³/mol. The summed E-state index contributed by atoms with van der Waals surface area (Å²) in [5, 5.41) is 3.38. The van der Waals surface area contributed by atoms with Gasteiger partial charge in [0, 0.05) is 17.9 Å². The summed E-state index contributed by atoms with van der Waals surface area (Å²) in [7, 11) is 0. The monoisotopic (exact) mass is 241 g/mol. The standard InChI is InChI=1S/C10H19N5S/c1-4-8(6-16-3)14-9-5-10(15-11)13-7(2)12-9/h5,8H,4,6,11H2,1-3H3,(H2,12,13,14,15). The van der Waals surface area contributed by atoms with Gasteiger partial charge in [0.05, 0.1) is 0 Å². The average molecular weight is 241 g/mol. The van der Waals surface area contributed by atoms with Gasteiger partial charge >= 0.3 is 0 Å². The number of nitrogens with one attached hydrogen (secondary N) is 2. The normalized spacial score (nSPS) is 12.2. The summed E-state index contributed by atoms with van der Waals surface area (Å²) in [6.45, 7) is 4.01. The van der Waals surface area contributed by atoms with E-state index in [0.717, 1.165) is 18.0 Å². The molecule has 1 heterocycles. The zero-order valence-electron chi connectivity index (χ0n) is 9.95. The molecule has 0 bridgehead atoms. The summed E-state index contributed by atoms with van der Waals surface area (Å²) in [6, 6.07) is 2.24. The molecule has 1 atom stereocenters. The summed E-state index contributed by atoms with van der Waals surface area (Å²) < 4.78 is 0. The lowest BCUT2D eigenvalue weighted by Gasteiger charge is -2.17. The SMILES string of the molecule is CCC(CSC)Nc1cc(NN)nc(C)n1. The third-order valence-electron chi connectivity index (χ3n) is 2.20. The molecule has 90 valence electrons. The molecule has 1 unspecified atom stereocenters. The molecular formula is C10H19N5S. The van der Waals surface area contributed by atoms with Crippen molar-refractivity contribution in [2.75, 3.05) is 22.8 Å². The van der Waals surface area contributed by atoms with Crippen LogP contribution in [0.5, 0.6) is 0 Å². The fourth-order valence-electron chi connectivity index (χ4n) is 1.39. The Morgan fingerprint density at radius 1 is 1.44 bits per heavy atom. The van der Waals surface area contributed by atoms with Gasteiger partial charge in [-0.2, -0.15) is 11.8 Å². The molecule has 4 N–H and O–H groups in total. The number of hydrogen-bond acceptors (Lipinski definition) is 6. The molecule has 16 heavy (non-hydrogen) atoms. The highest BCUT2D eigenvalue weighted by Crippen LogP contribution is 2.13. The second kappa shape index (κ2) is 6.55. The molecule has 0 amide bonds. The van der Waals surface area contributed by atoms with Crippen molar-refractivity contribution < 1.29 is 0 Å². The van der Waals surface area contributed by atoms with Crippen LogP contribution in [0, 0.1) is 6.92 Å². The van der Waals surface area contributed by atoms with Crippen LogP contribution in [-0.2, 0) is 0 Å². The van der Waals surface area contributed by atoms with E-state index < -0.39 is 0 Å². The van der Waals surface area contributed by atoms with Gasteiger partial charge < -0.3 is 10.7 Å². The first-order valence-electron chi connectivity index (χ1n) is 5.27. The first kappa shape index (κ1) is 13.1. The largest absolute Gasteiger partial charge is 0.366 e. The Morgan fingerprint density at radius 3 is 2.69 bits per heavy atom. The molecule has 0 aliphatic rings. The van der Waals surface area contributed by atoms with Gasteiger partial charge in [-0.3, -0.25) is 0 Å². The molecule has 0 spiro atoms. The van der Waals surface area contributed by atoms with E-state index >= 15 is 0 Å². The lowest BCUT2D eigenvalue weighted by molar-refractivity contribution is 0.767. The number of nitrogens with zero attached hydrogens (tertiary/aromatic N) is 2. The van der Waals surface area contributed by atoms with Gasteiger partial charge in [-0.25, -0.2) is 15.8 Å². The van der Waals surface area contributed by atoms with E-state index in [1.54, 1.807) is 0 Å². The van der Waals surface area contributed by atoms with Crippen LogP contribution in [0.3, 0.4) is 0 Å². The van der Waals surface area contributed by atoms with Crippen molar-refractivity contribution in [1.29, 1.82) is 0 Å². The van der Waals surface area contributed by atoms with E-state index in [0.29, 0.717) is 17.7 Å². The van der Waals surface area contributed by atoms with Crippen LogP contribution >= 0.6 is 11.8 Å². The van der Waals surface area contributed by atoms with Crippen LogP contribution in [0.1, 0.15) is 19.2 Å². The molecule has 6 heteroatoms. The van der Waals surface area contributed by atoms with Crippen LogP contribution in [0.4, 0.5) is 11.6 Å². The molecule has 1 aromatic heterocycles. The molecule has 0 fully saturated rings.